The normalized spacial score (nSPS) is 10.0. The zero-order valence-electron chi connectivity index (χ0n) is 10.3. The molecule has 7 nitrogen and oxygen atoms in total. The van der Waals surface area contributed by atoms with Crippen LogP contribution >= 0.6 is 0 Å². The Morgan fingerprint density at radius 1 is 1.20 bits per heavy atom. The molecule has 2 rings (SSSR count). The van der Waals surface area contributed by atoms with Crippen molar-refractivity contribution in [3.05, 3.63) is 58.1 Å². The van der Waals surface area contributed by atoms with Crippen LogP contribution in [-0.2, 0) is 0 Å². The molecule has 0 aliphatic carbocycles. The molecule has 102 valence electrons. The van der Waals surface area contributed by atoms with Gasteiger partial charge < -0.3 is 16.2 Å². The molecule has 7 heteroatoms. The lowest BCUT2D eigenvalue weighted by Crippen LogP contribution is -2.12. The van der Waals surface area contributed by atoms with Crippen molar-refractivity contribution in [3.63, 3.8) is 0 Å². The van der Waals surface area contributed by atoms with Crippen LogP contribution < -0.4 is 16.2 Å². The Labute approximate surface area is 113 Å². The predicted octanol–water partition coefficient (Wildman–Crippen LogP) is 2.07. The van der Waals surface area contributed by atoms with Gasteiger partial charge in [-0.1, -0.05) is 6.07 Å². The van der Waals surface area contributed by atoms with Crippen LogP contribution in [0.2, 0.25) is 0 Å². The fraction of sp³-hybridized carbons (Fsp3) is 0. The molecule has 2 aromatic rings. The zero-order chi connectivity index (χ0) is 14.7. The van der Waals surface area contributed by atoms with E-state index >= 15 is 0 Å². The van der Waals surface area contributed by atoms with E-state index in [1.54, 1.807) is 24.3 Å². The first kappa shape index (κ1) is 13.3. The van der Waals surface area contributed by atoms with Crippen LogP contribution in [-0.4, -0.2) is 10.8 Å². The fourth-order valence-electron chi connectivity index (χ4n) is 1.62. The maximum absolute atomic E-state index is 11.3. The smallest absolute Gasteiger partial charge is 0.270 e. The van der Waals surface area contributed by atoms with Gasteiger partial charge in [0.25, 0.3) is 11.6 Å². The number of benzene rings is 2. The lowest BCUT2D eigenvalue weighted by atomic mass is 10.1. The third-order valence-corrected chi connectivity index (χ3v) is 2.53. The van der Waals surface area contributed by atoms with Crippen molar-refractivity contribution in [2.24, 2.45) is 5.73 Å². The van der Waals surface area contributed by atoms with E-state index in [2.05, 4.69) is 0 Å². The second-order valence-electron chi connectivity index (χ2n) is 3.98. The number of nitrogens with zero attached hydrogens (tertiary/aromatic N) is 1. The molecule has 0 heterocycles. The molecule has 0 saturated carbocycles. The summed E-state index contributed by atoms with van der Waals surface area (Å²) >= 11 is 0. The van der Waals surface area contributed by atoms with Crippen LogP contribution in [0.25, 0.3) is 0 Å². The summed E-state index contributed by atoms with van der Waals surface area (Å²) in [5.41, 5.74) is 11.0. The summed E-state index contributed by atoms with van der Waals surface area (Å²) in [6.45, 7) is 0. The van der Waals surface area contributed by atoms with Gasteiger partial charge in [0.15, 0.2) is 0 Å². The van der Waals surface area contributed by atoms with Crippen LogP contribution in [0.4, 0.5) is 11.4 Å². The Balaban J connectivity index is 2.41. The van der Waals surface area contributed by atoms with Crippen molar-refractivity contribution in [1.29, 1.82) is 0 Å². The number of nitro groups is 1. The van der Waals surface area contributed by atoms with Gasteiger partial charge in [0.05, 0.1) is 10.5 Å². The predicted molar refractivity (Wildman–Crippen MR) is 72.5 cm³/mol. The van der Waals surface area contributed by atoms with E-state index in [9.17, 15) is 14.9 Å². The average Bonchev–Trinajstić information content (AvgIpc) is 2.38. The number of carbonyl (C=O) groups is 1. The average molecular weight is 273 g/mol. The van der Waals surface area contributed by atoms with E-state index in [1.807, 2.05) is 0 Å². The summed E-state index contributed by atoms with van der Waals surface area (Å²) in [5, 5.41) is 10.7. The third kappa shape index (κ3) is 2.83. The Morgan fingerprint density at radius 2 is 1.95 bits per heavy atom. The van der Waals surface area contributed by atoms with E-state index in [0.717, 1.165) is 6.07 Å². The number of nitro benzene ring substituents is 1. The number of primary amides is 1. The van der Waals surface area contributed by atoms with Crippen LogP contribution in [0.3, 0.4) is 0 Å². The second-order valence-corrected chi connectivity index (χ2v) is 3.98. The van der Waals surface area contributed by atoms with Crippen LogP contribution in [0.1, 0.15) is 10.4 Å². The van der Waals surface area contributed by atoms with Gasteiger partial charge in [-0.05, 0) is 18.2 Å². The molecule has 4 N–H and O–H groups in total. The van der Waals surface area contributed by atoms with Crippen LogP contribution in [0.15, 0.2) is 42.5 Å². The number of carbonyl (C=O) groups excluding carboxylic acids is 1. The first-order chi connectivity index (χ1) is 9.47. The maximum atomic E-state index is 11.3. The van der Waals surface area contributed by atoms with Crippen molar-refractivity contribution in [1.82, 2.24) is 0 Å². The van der Waals surface area contributed by atoms with Gasteiger partial charge in [-0.15, -0.1) is 0 Å². The summed E-state index contributed by atoms with van der Waals surface area (Å²) in [6, 6.07) is 10.2. The summed E-state index contributed by atoms with van der Waals surface area (Å²) in [6.07, 6.45) is 0. The molecule has 0 fully saturated rings. The summed E-state index contributed by atoms with van der Waals surface area (Å²) < 4.78 is 5.48. The van der Waals surface area contributed by atoms with E-state index in [1.165, 1.54) is 12.1 Å². The molecule has 0 atom stereocenters. The number of nitrogen functional groups attached to an aromatic ring is 1. The highest BCUT2D eigenvalue weighted by molar-refractivity contribution is 5.96. The largest absolute Gasteiger partial charge is 0.456 e. The van der Waals surface area contributed by atoms with E-state index < -0.39 is 10.8 Å². The zero-order valence-corrected chi connectivity index (χ0v) is 10.3. The van der Waals surface area contributed by atoms with Crippen molar-refractivity contribution < 1.29 is 14.5 Å². The second kappa shape index (κ2) is 5.27. The maximum Gasteiger partial charge on any atom is 0.270 e. The minimum Gasteiger partial charge on any atom is -0.456 e. The summed E-state index contributed by atoms with van der Waals surface area (Å²) in [4.78, 5) is 21.4. The highest BCUT2D eigenvalue weighted by Gasteiger charge is 2.16. The van der Waals surface area contributed by atoms with E-state index in [0.29, 0.717) is 11.4 Å². The molecule has 0 saturated heterocycles. The van der Waals surface area contributed by atoms with Crippen LogP contribution in [0.5, 0.6) is 11.5 Å². The summed E-state index contributed by atoms with van der Waals surface area (Å²) in [5.74, 6) is -0.275. The topological polar surface area (TPSA) is 121 Å². The quantitative estimate of drug-likeness (QED) is 0.501. The monoisotopic (exact) mass is 273 g/mol. The highest BCUT2D eigenvalue weighted by atomic mass is 16.6. The van der Waals surface area contributed by atoms with Gasteiger partial charge in [0.2, 0.25) is 0 Å². The van der Waals surface area contributed by atoms with Crippen molar-refractivity contribution >= 4 is 17.3 Å². The molecule has 20 heavy (non-hydrogen) atoms. The number of non-ortho nitro benzene ring substituents is 1. The van der Waals surface area contributed by atoms with Gasteiger partial charge in [-0.2, -0.15) is 0 Å². The minimum atomic E-state index is -0.812. The fourth-order valence-corrected chi connectivity index (χ4v) is 1.62. The number of hydrogen-bond donors (Lipinski definition) is 2. The van der Waals surface area contributed by atoms with E-state index in [-0.39, 0.29) is 17.0 Å². The first-order valence-electron chi connectivity index (χ1n) is 5.59. The van der Waals surface area contributed by atoms with Gasteiger partial charge in [-0.3, -0.25) is 14.9 Å². The third-order valence-electron chi connectivity index (χ3n) is 2.53. The molecule has 0 aliphatic rings. The first-order valence-corrected chi connectivity index (χ1v) is 5.59. The number of ether oxygens (including phenoxy) is 1. The molecule has 0 unspecified atom stereocenters. The molecular weight excluding hydrogens is 262 g/mol. The molecule has 0 bridgehead atoms. The van der Waals surface area contributed by atoms with Gasteiger partial charge in [-0.25, -0.2) is 0 Å². The SMILES string of the molecule is NC(=O)c1cc([N+](=O)[O-])ccc1Oc1cccc(N)c1. The molecule has 1 amide bonds. The lowest BCUT2D eigenvalue weighted by Gasteiger charge is -2.09. The molecule has 0 aliphatic heterocycles. The van der Waals surface area contributed by atoms with Gasteiger partial charge in [0, 0.05) is 23.9 Å². The molecule has 0 spiro atoms. The van der Waals surface area contributed by atoms with Gasteiger partial charge in [0.1, 0.15) is 11.5 Å². The lowest BCUT2D eigenvalue weighted by molar-refractivity contribution is -0.384. The number of amides is 1. The molecular formula is C13H11N3O4. The Bertz CT molecular complexity index is 685. The Kier molecular flexibility index (Phi) is 3.52. The molecule has 0 radical (unpaired) electrons. The van der Waals surface area contributed by atoms with Gasteiger partial charge >= 0.3 is 0 Å². The van der Waals surface area contributed by atoms with Crippen molar-refractivity contribution in [2.75, 3.05) is 5.73 Å². The Hall–Kier alpha value is -3.09. The summed E-state index contributed by atoms with van der Waals surface area (Å²) in [7, 11) is 0. The number of rotatable bonds is 4. The standard InChI is InChI=1S/C13H11N3O4/c14-8-2-1-3-10(6-8)20-12-5-4-9(16(18)19)7-11(12)13(15)17/h1-7H,14H2,(H2,15,17). The number of anilines is 1. The van der Waals surface area contributed by atoms with Crippen molar-refractivity contribution in [2.45, 2.75) is 0 Å². The molecule has 2 aromatic carbocycles. The molecule has 0 aromatic heterocycles. The van der Waals surface area contributed by atoms with Crippen LogP contribution in [0, 0.1) is 10.1 Å². The van der Waals surface area contributed by atoms with E-state index in [4.69, 9.17) is 16.2 Å². The number of hydrogen-bond acceptors (Lipinski definition) is 5. The number of nitrogens with two attached hydrogens (primary N) is 2. The van der Waals surface area contributed by atoms with Crippen molar-refractivity contribution in [3.8, 4) is 11.5 Å². The minimum absolute atomic E-state index is 0.0679. The Morgan fingerprint density at radius 3 is 2.55 bits per heavy atom. The highest BCUT2D eigenvalue weighted by Crippen LogP contribution is 2.29.